The van der Waals surface area contributed by atoms with Crippen LogP contribution < -0.4 is 11.2 Å². The highest BCUT2D eigenvalue weighted by atomic mass is 31.2. The first-order chi connectivity index (χ1) is 12.2. The van der Waals surface area contributed by atoms with E-state index in [-0.39, 0.29) is 31.7 Å². The van der Waals surface area contributed by atoms with Crippen molar-refractivity contribution in [1.29, 1.82) is 0 Å². The maximum atomic E-state index is 12.7. The fraction of sp³-hybridized carbons (Fsp3) is 0.750. The molecule has 4 atom stereocenters. The molecule has 0 saturated carbocycles. The van der Waals surface area contributed by atoms with Crippen molar-refractivity contribution in [3.8, 4) is 0 Å². The molecule has 2 unspecified atom stereocenters. The molecule has 0 bridgehead atoms. The van der Waals surface area contributed by atoms with E-state index in [2.05, 4.69) is 4.98 Å². The van der Waals surface area contributed by atoms with Gasteiger partial charge in [-0.25, -0.2) is 4.79 Å². The Balaban J connectivity index is 2.15. The fourth-order valence-corrected chi connectivity index (χ4v) is 5.14. The molecule has 1 aromatic heterocycles. The lowest BCUT2D eigenvalue weighted by atomic mass is 10.0. The van der Waals surface area contributed by atoms with Crippen LogP contribution in [-0.4, -0.2) is 46.2 Å². The number of aliphatic hydroxyl groups excluding tert-OH is 1. The molecule has 0 aromatic carbocycles. The third-order valence-electron chi connectivity index (χ3n) is 4.32. The number of aromatic nitrogens is 2. The molecule has 1 saturated heterocycles. The Labute approximate surface area is 151 Å². The summed E-state index contributed by atoms with van der Waals surface area (Å²) in [6.07, 6.45) is -0.480. The molecule has 26 heavy (non-hydrogen) atoms. The summed E-state index contributed by atoms with van der Waals surface area (Å²) in [5, 5.41) is 10.4. The first-order valence-electron chi connectivity index (χ1n) is 8.74. The van der Waals surface area contributed by atoms with Crippen LogP contribution in [0.3, 0.4) is 0 Å². The van der Waals surface area contributed by atoms with E-state index in [1.54, 1.807) is 27.7 Å². The summed E-state index contributed by atoms with van der Waals surface area (Å²) in [5.41, 5.74) is -0.680. The van der Waals surface area contributed by atoms with Gasteiger partial charge in [-0.1, -0.05) is 6.92 Å². The smallest absolute Gasteiger partial charge is 0.331 e. The minimum atomic E-state index is -3.28. The topological polar surface area (TPSA) is 120 Å². The maximum absolute atomic E-state index is 12.7. The maximum Gasteiger partial charge on any atom is 0.331 e. The van der Waals surface area contributed by atoms with Gasteiger partial charge in [0.1, 0.15) is 6.23 Å². The van der Waals surface area contributed by atoms with Gasteiger partial charge in [0.25, 0.3) is 5.56 Å². The van der Waals surface area contributed by atoms with Crippen LogP contribution in [0.1, 0.15) is 39.0 Å². The van der Waals surface area contributed by atoms with Crippen molar-refractivity contribution < 1.29 is 23.5 Å². The molecule has 10 heteroatoms. The third-order valence-corrected chi connectivity index (χ3v) is 6.64. The number of aryl methyl sites for hydroxylation is 1. The number of H-pyrrole nitrogens is 1. The van der Waals surface area contributed by atoms with Crippen molar-refractivity contribution in [1.82, 2.24) is 9.55 Å². The average molecular weight is 390 g/mol. The van der Waals surface area contributed by atoms with Crippen LogP contribution in [0.25, 0.3) is 0 Å². The van der Waals surface area contributed by atoms with Crippen LogP contribution in [0.15, 0.2) is 15.8 Å². The van der Waals surface area contributed by atoms with Crippen molar-refractivity contribution in [2.75, 3.05) is 19.4 Å². The van der Waals surface area contributed by atoms with Crippen molar-refractivity contribution >= 4 is 7.60 Å². The molecule has 0 radical (unpaired) electrons. The van der Waals surface area contributed by atoms with E-state index in [1.807, 2.05) is 0 Å². The summed E-state index contributed by atoms with van der Waals surface area (Å²) in [7, 11) is -3.28. The van der Waals surface area contributed by atoms with Gasteiger partial charge in [0, 0.05) is 18.2 Å². The highest BCUT2D eigenvalue weighted by Gasteiger charge is 2.41. The molecule has 1 aromatic rings. The van der Waals surface area contributed by atoms with Crippen LogP contribution in [0, 0.1) is 12.8 Å². The summed E-state index contributed by atoms with van der Waals surface area (Å²) in [4.78, 5) is 25.7. The second-order valence-corrected chi connectivity index (χ2v) is 8.55. The van der Waals surface area contributed by atoms with Gasteiger partial charge >= 0.3 is 13.3 Å². The molecular weight excluding hydrogens is 363 g/mol. The van der Waals surface area contributed by atoms with Crippen molar-refractivity contribution in [3.63, 3.8) is 0 Å². The van der Waals surface area contributed by atoms with Gasteiger partial charge in [-0.3, -0.25) is 18.9 Å². The molecule has 2 heterocycles. The zero-order valence-corrected chi connectivity index (χ0v) is 16.4. The van der Waals surface area contributed by atoms with Gasteiger partial charge in [-0.15, -0.1) is 0 Å². The second kappa shape index (κ2) is 8.63. The van der Waals surface area contributed by atoms with Gasteiger partial charge in [-0.05, 0) is 26.7 Å². The number of hydrogen-bond donors (Lipinski definition) is 2. The number of nitrogens with one attached hydrogen (secondary N) is 1. The summed E-state index contributed by atoms with van der Waals surface area (Å²) in [5.74, 6) is -0.321. The van der Waals surface area contributed by atoms with E-state index in [1.165, 1.54) is 10.8 Å². The standard InChI is InChI=1S/C16H27N2O7P/c1-5-23-26(22,24-6-2)9-11(4)14-12(19)7-13(25-14)18-8-10(3)15(20)17-16(18)21/h8,11-14,19H,5-7,9H2,1-4H3,(H,17,20,21)/t11?,12?,13-,14-/m1/s1. The molecule has 1 aliphatic rings. The predicted molar refractivity (Wildman–Crippen MR) is 95.5 cm³/mol. The quantitative estimate of drug-likeness (QED) is 0.644. The Morgan fingerprint density at radius 1 is 1.38 bits per heavy atom. The van der Waals surface area contributed by atoms with E-state index >= 15 is 0 Å². The molecule has 2 N–H and O–H groups in total. The zero-order valence-electron chi connectivity index (χ0n) is 15.5. The number of nitrogens with zero attached hydrogens (tertiary/aromatic N) is 1. The first-order valence-corrected chi connectivity index (χ1v) is 10.5. The number of hydrogen-bond acceptors (Lipinski definition) is 7. The van der Waals surface area contributed by atoms with Crippen LogP contribution in [0.2, 0.25) is 0 Å². The molecule has 0 spiro atoms. The van der Waals surface area contributed by atoms with Crippen molar-refractivity contribution in [2.45, 2.75) is 52.6 Å². The van der Waals surface area contributed by atoms with Gasteiger partial charge in [0.2, 0.25) is 0 Å². The lowest BCUT2D eigenvalue weighted by molar-refractivity contribution is -0.0435. The average Bonchev–Trinajstić information content (AvgIpc) is 2.93. The lowest BCUT2D eigenvalue weighted by Crippen LogP contribution is -2.34. The number of rotatable bonds is 8. The van der Waals surface area contributed by atoms with E-state index in [9.17, 15) is 19.3 Å². The molecule has 1 fully saturated rings. The molecular formula is C16H27N2O7P. The molecule has 0 amide bonds. The predicted octanol–water partition coefficient (Wildman–Crippen LogP) is 1.40. The van der Waals surface area contributed by atoms with E-state index < -0.39 is 37.3 Å². The van der Waals surface area contributed by atoms with Crippen LogP contribution in [-0.2, 0) is 18.3 Å². The van der Waals surface area contributed by atoms with Crippen molar-refractivity contribution in [3.05, 3.63) is 32.6 Å². The highest BCUT2D eigenvalue weighted by molar-refractivity contribution is 7.53. The first kappa shape index (κ1) is 21.1. The van der Waals surface area contributed by atoms with Crippen LogP contribution >= 0.6 is 7.60 Å². The largest absolute Gasteiger partial charge is 0.390 e. The molecule has 9 nitrogen and oxygen atoms in total. The highest BCUT2D eigenvalue weighted by Crippen LogP contribution is 2.51. The minimum Gasteiger partial charge on any atom is -0.390 e. The normalized spacial score (nSPS) is 24.7. The van der Waals surface area contributed by atoms with E-state index in [0.717, 1.165) is 0 Å². The number of ether oxygens (including phenoxy) is 1. The fourth-order valence-electron chi connectivity index (χ4n) is 3.15. The molecule has 148 valence electrons. The van der Waals surface area contributed by atoms with Gasteiger partial charge in [-0.2, -0.15) is 0 Å². The van der Waals surface area contributed by atoms with Gasteiger partial charge < -0.3 is 18.9 Å². The Morgan fingerprint density at radius 3 is 2.58 bits per heavy atom. The summed E-state index contributed by atoms with van der Waals surface area (Å²) in [6.45, 7) is 7.36. The van der Waals surface area contributed by atoms with Crippen LogP contribution in [0.4, 0.5) is 0 Å². The monoisotopic (exact) mass is 390 g/mol. The Hall–Kier alpha value is -1.25. The second-order valence-electron chi connectivity index (χ2n) is 6.44. The Bertz CT molecular complexity index is 765. The van der Waals surface area contributed by atoms with Gasteiger partial charge in [0.05, 0.1) is 31.6 Å². The third kappa shape index (κ3) is 4.72. The SMILES string of the molecule is CCOP(=O)(CC(C)[C@H]1O[C@@H](n2cc(C)c(=O)[nH]c2=O)CC1O)OCC. The Kier molecular flexibility index (Phi) is 6.99. The molecule has 0 aliphatic carbocycles. The lowest BCUT2D eigenvalue weighted by Gasteiger charge is -2.26. The van der Waals surface area contributed by atoms with Gasteiger partial charge in [0.15, 0.2) is 0 Å². The zero-order chi connectivity index (χ0) is 19.5. The van der Waals surface area contributed by atoms with E-state index in [0.29, 0.717) is 5.56 Å². The minimum absolute atomic E-state index is 0.0999. The van der Waals surface area contributed by atoms with Crippen molar-refractivity contribution in [2.24, 2.45) is 5.92 Å². The summed E-state index contributed by atoms with van der Waals surface area (Å²) >= 11 is 0. The van der Waals surface area contributed by atoms with E-state index in [4.69, 9.17) is 13.8 Å². The van der Waals surface area contributed by atoms with Crippen LogP contribution in [0.5, 0.6) is 0 Å². The number of aliphatic hydroxyl groups is 1. The Morgan fingerprint density at radius 2 is 2.00 bits per heavy atom. The summed E-state index contributed by atoms with van der Waals surface area (Å²) in [6, 6.07) is 0. The molecule has 2 rings (SSSR count). The number of aromatic amines is 1. The molecule has 1 aliphatic heterocycles. The summed E-state index contributed by atoms with van der Waals surface area (Å²) < 4.78 is 30.4.